The van der Waals surface area contributed by atoms with Crippen molar-refractivity contribution >= 4 is 5.82 Å². The molecular weight excluding hydrogens is 202 g/mol. The maximum absolute atomic E-state index is 9.45. The van der Waals surface area contributed by atoms with Crippen LogP contribution in [0.4, 0.5) is 5.82 Å². The van der Waals surface area contributed by atoms with Gasteiger partial charge in [0.05, 0.1) is 29.7 Å². The number of nitrogens with zero attached hydrogens (tertiary/aromatic N) is 2. The monoisotopic (exact) mass is 223 g/mol. The summed E-state index contributed by atoms with van der Waals surface area (Å²) in [4.78, 5) is 8.68. The zero-order valence-electron chi connectivity index (χ0n) is 10.5. The molecule has 0 saturated heterocycles. The molecule has 0 aliphatic heterocycles. The fourth-order valence-electron chi connectivity index (χ4n) is 1.56. The van der Waals surface area contributed by atoms with E-state index in [1.165, 1.54) is 0 Å². The van der Waals surface area contributed by atoms with Crippen LogP contribution in [0, 0.1) is 13.8 Å². The number of aliphatic hydroxyl groups excluding tert-OH is 1. The van der Waals surface area contributed by atoms with E-state index in [9.17, 15) is 5.11 Å². The first-order chi connectivity index (χ1) is 7.56. The van der Waals surface area contributed by atoms with Gasteiger partial charge >= 0.3 is 0 Å². The fourth-order valence-corrected chi connectivity index (χ4v) is 1.56. The van der Waals surface area contributed by atoms with Crippen molar-refractivity contribution in [3.8, 4) is 0 Å². The molecule has 0 aliphatic rings. The number of hydrogen-bond acceptors (Lipinski definition) is 4. The molecule has 90 valence electrons. The third-order valence-electron chi connectivity index (χ3n) is 3.24. The first-order valence-electron chi connectivity index (χ1n) is 5.76. The Hall–Kier alpha value is -1.16. The molecule has 0 amide bonds. The number of aliphatic hydroxyl groups is 1. The molecule has 0 bridgehead atoms. The lowest BCUT2D eigenvalue weighted by atomic mass is 9.94. The van der Waals surface area contributed by atoms with E-state index in [-0.39, 0.29) is 12.1 Å². The quantitative estimate of drug-likeness (QED) is 0.802. The smallest absolute Gasteiger partial charge is 0.145 e. The Balaban J connectivity index is 2.89. The molecule has 0 unspecified atom stereocenters. The van der Waals surface area contributed by atoms with Gasteiger partial charge in [0.1, 0.15) is 5.82 Å². The third kappa shape index (κ3) is 2.70. The minimum atomic E-state index is -0.281. The number of hydrogen-bond donors (Lipinski definition) is 2. The van der Waals surface area contributed by atoms with E-state index < -0.39 is 0 Å². The van der Waals surface area contributed by atoms with E-state index in [4.69, 9.17) is 0 Å². The summed E-state index contributed by atoms with van der Waals surface area (Å²) in [6.45, 7) is 8.09. The molecule has 4 nitrogen and oxygen atoms in total. The van der Waals surface area contributed by atoms with Crippen molar-refractivity contribution in [3.05, 3.63) is 17.6 Å². The molecule has 0 radical (unpaired) electrons. The highest BCUT2D eigenvalue weighted by Crippen LogP contribution is 2.20. The molecule has 0 spiro atoms. The highest BCUT2D eigenvalue weighted by molar-refractivity contribution is 5.37. The van der Waals surface area contributed by atoms with Crippen LogP contribution in [0.1, 0.15) is 38.1 Å². The van der Waals surface area contributed by atoms with Crippen LogP contribution in [0.2, 0.25) is 0 Å². The molecular formula is C12H21N3O. The summed E-state index contributed by atoms with van der Waals surface area (Å²) in [5.74, 6) is 0.737. The maximum Gasteiger partial charge on any atom is 0.145 e. The largest absolute Gasteiger partial charge is 0.394 e. The van der Waals surface area contributed by atoms with Gasteiger partial charge in [-0.1, -0.05) is 13.8 Å². The summed E-state index contributed by atoms with van der Waals surface area (Å²) in [5.41, 5.74) is 1.58. The van der Waals surface area contributed by atoms with E-state index in [1.807, 2.05) is 13.8 Å². The van der Waals surface area contributed by atoms with E-state index in [2.05, 4.69) is 29.1 Å². The average molecular weight is 223 g/mol. The summed E-state index contributed by atoms with van der Waals surface area (Å²) >= 11 is 0. The van der Waals surface area contributed by atoms with Crippen molar-refractivity contribution in [2.24, 2.45) is 0 Å². The normalized spacial score (nSPS) is 11.6. The van der Waals surface area contributed by atoms with Crippen molar-refractivity contribution in [1.29, 1.82) is 0 Å². The Morgan fingerprint density at radius 3 is 2.31 bits per heavy atom. The molecule has 4 heteroatoms. The van der Waals surface area contributed by atoms with Gasteiger partial charge in [-0.15, -0.1) is 0 Å². The summed E-state index contributed by atoms with van der Waals surface area (Å²) in [7, 11) is 0. The second-order valence-corrected chi connectivity index (χ2v) is 4.20. The van der Waals surface area contributed by atoms with E-state index >= 15 is 0 Å². The van der Waals surface area contributed by atoms with E-state index in [0.29, 0.717) is 0 Å². The zero-order chi connectivity index (χ0) is 12.2. The van der Waals surface area contributed by atoms with Crippen LogP contribution in [-0.2, 0) is 0 Å². The van der Waals surface area contributed by atoms with Crippen LogP contribution in [0.3, 0.4) is 0 Å². The van der Waals surface area contributed by atoms with Crippen molar-refractivity contribution in [2.75, 3.05) is 11.9 Å². The average Bonchev–Trinajstić information content (AvgIpc) is 2.31. The van der Waals surface area contributed by atoms with Crippen molar-refractivity contribution in [2.45, 2.75) is 46.1 Å². The standard InChI is InChI=1S/C12H21N3O/c1-5-12(6-2,8-16)15-11-7-13-9(3)10(4)14-11/h7,16H,5-6,8H2,1-4H3,(H,14,15). The van der Waals surface area contributed by atoms with Gasteiger partial charge < -0.3 is 10.4 Å². The highest BCUT2D eigenvalue weighted by atomic mass is 16.3. The van der Waals surface area contributed by atoms with E-state index in [0.717, 1.165) is 30.0 Å². The molecule has 0 atom stereocenters. The maximum atomic E-state index is 9.45. The summed E-state index contributed by atoms with van der Waals surface area (Å²) in [6, 6.07) is 0. The van der Waals surface area contributed by atoms with Crippen LogP contribution in [0.5, 0.6) is 0 Å². The zero-order valence-corrected chi connectivity index (χ0v) is 10.5. The van der Waals surface area contributed by atoms with Gasteiger partial charge in [0.2, 0.25) is 0 Å². The SMILES string of the molecule is CCC(CC)(CO)Nc1cnc(C)c(C)n1. The number of aromatic nitrogens is 2. The van der Waals surface area contributed by atoms with Crippen molar-refractivity contribution in [1.82, 2.24) is 9.97 Å². The van der Waals surface area contributed by atoms with Gasteiger partial charge in [-0.25, -0.2) is 4.98 Å². The number of anilines is 1. The number of rotatable bonds is 5. The van der Waals surface area contributed by atoms with Gasteiger partial charge in [0, 0.05) is 0 Å². The Bertz CT molecular complexity index is 340. The molecule has 2 N–H and O–H groups in total. The van der Waals surface area contributed by atoms with Crippen LogP contribution < -0.4 is 5.32 Å². The van der Waals surface area contributed by atoms with E-state index in [1.54, 1.807) is 6.20 Å². The lowest BCUT2D eigenvalue weighted by molar-refractivity contribution is 0.202. The van der Waals surface area contributed by atoms with Gasteiger partial charge in [-0.05, 0) is 26.7 Å². The first kappa shape index (κ1) is 12.9. The Labute approximate surface area is 97.1 Å². The second kappa shape index (κ2) is 5.25. The van der Waals surface area contributed by atoms with Crippen LogP contribution in [0.15, 0.2) is 6.20 Å². The summed E-state index contributed by atoms with van der Waals surface area (Å²) in [6.07, 6.45) is 3.43. The summed E-state index contributed by atoms with van der Waals surface area (Å²) in [5, 5.41) is 12.7. The lowest BCUT2D eigenvalue weighted by Crippen LogP contribution is -2.41. The predicted octanol–water partition coefficient (Wildman–Crippen LogP) is 2.06. The number of aryl methyl sites for hydroxylation is 2. The highest BCUT2D eigenvalue weighted by Gasteiger charge is 2.25. The molecule has 0 fully saturated rings. The second-order valence-electron chi connectivity index (χ2n) is 4.20. The Morgan fingerprint density at radius 2 is 1.88 bits per heavy atom. The first-order valence-corrected chi connectivity index (χ1v) is 5.76. The molecule has 1 aromatic rings. The minimum Gasteiger partial charge on any atom is -0.394 e. The molecule has 0 aliphatic carbocycles. The van der Waals surface area contributed by atoms with Crippen LogP contribution >= 0.6 is 0 Å². The molecule has 1 heterocycles. The predicted molar refractivity (Wildman–Crippen MR) is 65.5 cm³/mol. The lowest BCUT2D eigenvalue weighted by Gasteiger charge is -2.31. The van der Waals surface area contributed by atoms with Gasteiger partial charge in [0.25, 0.3) is 0 Å². The molecule has 0 saturated carbocycles. The Morgan fingerprint density at radius 1 is 1.25 bits per heavy atom. The molecule has 0 aromatic carbocycles. The molecule has 1 rings (SSSR count). The van der Waals surface area contributed by atoms with Gasteiger partial charge in [0.15, 0.2) is 0 Å². The van der Waals surface area contributed by atoms with Crippen molar-refractivity contribution < 1.29 is 5.11 Å². The topological polar surface area (TPSA) is 58.0 Å². The summed E-state index contributed by atoms with van der Waals surface area (Å²) < 4.78 is 0. The molecule has 1 aromatic heterocycles. The Kier molecular flexibility index (Phi) is 4.24. The van der Waals surface area contributed by atoms with Gasteiger partial charge in [-0.3, -0.25) is 4.98 Å². The third-order valence-corrected chi connectivity index (χ3v) is 3.24. The molecule has 16 heavy (non-hydrogen) atoms. The van der Waals surface area contributed by atoms with Gasteiger partial charge in [-0.2, -0.15) is 0 Å². The van der Waals surface area contributed by atoms with Crippen LogP contribution in [0.25, 0.3) is 0 Å². The fraction of sp³-hybridized carbons (Fsp3) is 0.667. The number of nitrogens with one attached hydrogen (secondary N) is 1. The minimum absolute atomic E-state index is 0.106. The van der Waals surface area contributed by atoms with Crippen LogP contribution in [-0.4, -0.2) is 27.2 Å². The van der Waals surface area contributed by atoms with Crippen molar-refractivity contribution in [3.63, 3.8) is 0 Å².